The molecule has 2 aromatic rings. The summed E-state index contributed by atoms with van der Waals surface area (Å²) in [7, 11) is 0. The lowest BCUT2D eigenvalue weighted by molar-refractivity contribution is 0.340. The molecule has 1 saturated carbocycles. The standard InChI is InChI=1S/C13H18N6O/c1-3-20-10-6-15-19(7-10)13-8(2)11(18-14)16-12(17-13)9-4-5-9/h6-7,9H,3-5,14H2,1-2H3,(H,16,17,18). The van der Waals surface area contributed by atoms with Crippen molar-refractivity contribution in [3.63, 3.8) is 0 Å². The Balaban J connectivity index is 2.03. The maximum absolute atomic E-state index is 5.55. The molecule has 7 nitrogen and oxygen atoms in total. The third-order valence-electron chi connectivity index (χ3n) is 3.30. The van der Waals surface area contributed by atoms with Crippen LogP contribution in [0, 0.1) is 6.92 Å². The first-order valence-electron chi connectivity index (χ1n) is 6.76. The summed E-state index contributed by atoms with van der Waals surface area (Å²) in [5.41, 5.74) is 3.50. The third kappa shape index (κ3) is 2.32. The number of nitrogens with two attached hydrogens (primary N) is 1. The van der Waals surface area contributed by atoms with Gasteiger partial charge in [0, 0.05) is 11.5 Å². The largest absolute Gasteiger partial charge is 0.491 e. The molecule has 0 saturated heterocycles. The fourth-order valence-electron chi connectivity index (χ4n) is 2.07. The second-order valence-electron chi connectivity index (χ2n) is 4.85. The van der Waals surface area contributed by atoms with Gasteiger partial charge in [-0.2, -0.15) is 5.10 Å². The van der Waals surface area contributed by atoms with Crippen LogP contribution in [-0.2, 0) is 0 Å². The Bertz CT molecular complexity index is 619. The first-order valence-corrected chi connectivity index (χ1v) is 6.76. The van der Waals surface area contributed by atoms with Gasteiger partial charge in [0.25, 0.3) is 0 Å². The first-order chi connectivity index (χ1) is 9.72. The Kier molecular flexibility index (Phi) is 3.27. The van der Waals surface area contributed by atoms with Gasteiger partial charge in [0.15, 0.2) is 11.6 Å². The van der Waals surface area contributed by atoms with E-state index in [4.69, 9.17) is 10.6 Å². The molecule has 2 heterocycles. The number of aromatic nitrogens is 4. The predicted octanol–water partition coefficient (Wildman–Crippen LogP) is 1.53. The van der Waals surface area contributed by atoms with Crippen LogP contribution in [0.5, 0.6) is 5.75 Å². The van der Waals surface area contributed by atoms with E-state index in [1.54, 1.807) is 10.9 Å². The lowest BCUT2D eigenvalue weighted by Crippen LogP contribution is -2.15. The van der Waals surface area contributed by atoms with Crippen molar-refractivity contribution in [3.05, 3.63) is 23.8 Å². The average molecular weight is 274 g/mol. The number of nitrogen functional groups attached to an aromatic ring is 1. The number of nitrogens with one attached hydrogen (secondary N) is 1. The second kappa shape index (κ2) is 5.09. The van der Waals surface area contributed by atoms with E-state index in [1.807, 2.05) is 20.0 Å². The number of hydrogen-bond donors (Lipinski definition) is 2. The van der Waals surface area contributed by atoms with Gasteiger partial charge in [0.1, 0.15) is 11.6 Å². The highest BCUT2D eigenvalue weighted by Gasteiger charge is 2.28. The summed E-state index contributed by atoms with van der Waals surface area (Å²) in [5.74, 6) is 8.92. The molecule has 0 radical (unpaired) electrons. The summed E-state index contributed by atoms with van der Waals surface area (Å²) < 4.78 is 7.13. The lowest BCUT2D eigenvalue weighted by Gasteiger charge is -2.11. The van der Waals surface area contributed by atoms with E-state index >= 15 is 0 Å². The van der Waals surface area contributed by atoms with E-state index in [-0.39, 0.29) is 0 Å². The van der Waals surface area contributed by atoms with Gasteiger partial charge < -0.3 is 10.2 Å². The maximum Gasteiger partial charge on any atom is 0.162 e. The Labute approximate surface area is 117 Å². The fourth-order valence-corrected chi connectivity index (χ4v) is 2.07. The van der Waals surface area contributed by atoms with Gasteiger partial charge >= 0.3 is 0 Å². The highest BCUT2D eigenvalue weighted by atomic mass is 16.5. The van der Waals surface area contributed by atoms with E-state index < -0.39 is 0 Å². The average Bonchev–Trinajstić information content (AvgIpc) is 3.20. The van der Waals surface area contributed by atoms with Crippen molar-refractivity contribution < 1.29 is 4.74 Å². The molecule has 0 bridgehead atoms. The Hall–Kier alpha value is -2.15. The molecular weight excluding hydrogens is 256 g/mol. The van der Waals surface area contributed by atoms with Crippen LogP contribution in [0.1, 0.15) is 37.1 Å². The molecule has 0 amide bonds. The van der Waals surface area contributed by atoms with Crippen molar-refractivity contribution in [2.24, 2.45) is 5.84 Å². The topological polar surface area (TPSA) is 90.9 Å². The van der Waals surface area contributed by atoms with Crippen LogP contribution in [0.25, 0.3) is 5.82 Å². The van der Waals surface area contributed by atoms with Gasteiger partial charge in [-0.25, -0.2) is 20.5 Å². The minimum atomic E-state index is 0.448. The Morgan fingerprint density at radius 3 is 2.90 bits per heavy atom. The van der Waals surface area contributed by atoms with Crippen LogP contribution >= 0.6 is 0 Å². The van der Waals surface area contributed by atoms with Crippen LogP contribution in [-0.4, -0.2) is 26.4 Å². The predicted molar refractivity (Wildman–Crippen MR) is 74.8 cm³/mol. The summed E-state index contributed by atoms with van der Waals surface area (Å²) in [6.45, 7) is 4.47. The highest BCUT2D eigenvalue weighted by Crippen LogP contribution is 2.39. The van der Waals surface area contributed by atoms with Crippen molar-refractivity contribution in [1.82, 2.24) is 19.7 Å². The number of nitrogens with zero attached hydrogens (tertiary/aromatic N) is 4. The van der Waals surface area contributed by atoms with Crippen molar-refractivity contribution in [1.29, 1.82) is 0 Å². The Morgan fingerprint density at radius 1 is 1.45 bits per heavy atom. The minimum absolute atomic E-state index is 0.448. The van der Waals surface area contributed by atoms with Crippen molar-refractivity contribution in [2.75, 3.05) is 12.0 Å². The zero-order valence-corrected chi connectivity index (χ0v) is 11.6. The molecule has 106 valence electrons. The Morgan fingerprint density at radius 2 is 2.25 bits per heavy atom. The minimum Gasteiger partial charge on any atom is -0.491 e. The summed E-state index contributed by atoms with van der Waals surface area (Å²) in [4.78, 5) is 9.09. The van der Waals surface area contributed by atoms with Gasteiger partial charge in [-0.15, -0.1) is 0 Å². The number of ether oxygens (including phenoxy) is 1. The molecule has 1 aliphatic carbocycles. The highest BCUT2D eigenvalue weighted by molar-refractivity contribution is 5.51. The normalized spacial score (nSPS) is 14.3. The fraction of sp³-hybridized carbons (Fsp3) is 0.462. The summed E-state index contributed by atoms with van der Waals surface area (Å²) >= 11 is 0. The van der Waals surface area contributed by atoms with E-state index in [0.717, 1.165) is 35.8 Å². The molecule has 0 aliphatic heterocycles. The van der Waals surface area contributed by atoms with Gasteiger partial charge in [-0.05, 0) is 26.7 Å². The zero-order valence-electron chi connectivity index (χ0n) is 11.6. The van der Waals surface area contributed by atoms with Crippen LogP contribution in [0.15, 0.2) is 12.4 Å². The number of hydrogen-bond acceptors (Lipinski definition) is 6. The summed E-state index contributed by atoms with van der Waals surface area (Å²) in [5, 5.41) is 4.29. The first kappa shape index (κ1) is 12.9. The van der Waals surface area contributed by atoms with Gasteiger partial charge in [0.2, 0.25) is 0 Å². The lowest BCUT2D eigenvalue weighted by atomic mass is 10.3. The molecule has 0 aromatic carbocycles. The van der Waals surface area contributed by atoms with Crippen LogP contribution in [0.4, 0.5) is 5.82 Å². The van der Waals surface area contributed by atoms with E-state index in [0.29, 0.717) is 18.3 Å². The molecule has 0 spiro atoms. The molecule has 1 fully saturated rings. The van der Waals surface area contributed by atoms with Crippen molar-refractivity contribution in [3.8, 4) is 11.6 Å². The summed E-state index contributed by atoms with van der Waals surface area (Å²) in [6.07, 6.45) is 5.76. The molecule has 1 aliphatic rings. The SMILES string of the molecule is CCOc1cnn(-c2nc(C3CC3)nc(NN)c2C)c1. The molecule has 3 rings (SSSR count). The second-order valence-corrected chi connectivity index (χ2v) is 4.85. The van der Waals surface area contributed by atoms with Gasteiger partial charge in [-0.3, -0.25) is 0 Å². The van der Waals surface area contributed by atoms with Crippen LogP contribution in [0.2, 0.25) is 0 Å². The van der Waals surface area contributed by atoms with E-state index in [2.05, 4.69) is 20.5 Å². The number of hydrazine groups is 1. The third-order valence-corrected chi connectivity index (χ3v) is 3.30. The van der Waals surface area contributed by atoms with Crippen molar-refractivity contribution >= 4 is 5.82 Å². The van der Waals surface area contributed by atoms with Crippen LogP contribution in [0.3, 0.4) is 0 Å². The molecular formula is C13H18N6O. The molecule has 7 heteroatoms. The van der Waals surface area contributed by atoms with Crippen LogP contribution < -0.4 is 16.0 Å². The maximum atomic E-state index is 5.55. The zero-order chi connectivity index (χ0) is 14.1. The number of rotatable bonds is 5. The number of anilines is 1. The smallest absolute Gasteiger partial charge is 0.162 e. The molecule has 3 N–H and O–H groups in total. The molecule has 0 atom stereocenters. The van der Waals surface area contributed by atoms with Crippen molar-refractivity contribution in [2.45, 2.75) is 32.6 Å². The molecule has 0 unspecified atom stereocenters. The molecule has 2 aromatic heterocycles. The summed E-state index contributed by atoms with van der Waals surface area (Å²) in [6, 6.07) is 0. The van der Waals surface area contributed by atoms with E-state index in [1.165, 1.54) is 0 Å². The quantitative estimate of drug-likeness (QED) is 0.634. The van der Waals surface area contributed by atoms with Gasteiger partial charge in [-0.1, -0.05) is 0 Å². The molecule has 20 heavy (non-hydrogen) atoms. The van der Waals surface area contributed by atoms with E-state index in [9.17, 15) is 0 Å². The monoisotopic (exact) mass is 274 g/mol. The van der Waals surface area contributed by atoms with Gasteiger partial charge in [0.05, 0.1) is 19.0 Å².